The van der Waals surface area contributed by atoms with Crippen LogP contribution < -0.4 is 34.7 Å². The summed E-state index contributed by atoms with van der Waals surface area (Å²) in [5.41, 5.74) is 0. The maximum Gasteiger partial charge on any atom is 1.00 e. The van der Waals surface area contributed by atoms with Crippen molar-refractivity contribution in [2.24, 2.45) is 4.99 Å². The molecule has 0 fully saturated rings. The predicted octanol–water partition coefficient (Wildman–Crippen LogP) is -0.442. The van der Waals surface area contributed by atoms with Crippen LogP contribution >= 0.6 is 0 Å². The van der Waals surface area contributed by atoms with Crippen molar-refractivity contribution < 1.29 is 47.6 Å². The molecule has 0 spiro atoms. The van der Waals surface area contributed by atoms with Gasteiger partial charge < -0.3 is 10.1 Å². The molecule has 0 aliphatic heterocycles. The van der Waals surface area contributed by atoms with E-state index in [0.29, 0.717) is 6.42 Å². The van der Waals surface area contributed by atoms with Gasteiger partial charge in [0.2, 0.25) is 0 Å². The number of hydrogen-bond acceptors (Lipinski definition) is 4. The molecule has 1 N–H and O–H groups in total. The Balaban J connectivity index is 0. The average molecular weight is 329 g/mol. The molecule has 0 aromatic heterocycles. The average Bonchev–Trinajstić information content (AvgIpc) is 2.37. The number of aliphatic imine (C=N–C) groups is 1. The van der Waals surface area contributed by atoms with Gasteiger partial charge >= 0.3 is 29.6 Å². The van der Waals surface area contributed by atoms with Gasteiger partial charge in [-0.3, -0.25) is 4.55 Å². The molecule has 0 saturated heterocycles. The summed E-state index contributed by atoms with van der Waals surface area (Å²) < 4.78 is 29.4. The second-order valence-electron chi connectivity index (χ2n) is 5.14. The first-order valence-electron chi connectivity index (χ1n) is 7.61. The van der Waals surface area contributed by atoms with Crippen molar-refractivity contribution in [2.75, 3.05) is 12.3 Å². The van der Waals surface area contributed by atoms with Crippen LogP contribution in [0.25, 0.3) is 0 Å². The van der Waals surface area contributed by atoms with E-state index >= 15 is 0 Å². The van der Waals surface area contributed by atoms with Crippen LogP contribution in [0.5, 0.6) is 0 Å². The summed E-state index contributed by atoms with van der Waals surface area (Å²) in [7, 11) is -3.93. The Labute approximate surface area is 151 Å². The first kappa shape index (κ1) is 23.6. The van der Waals surface area contributed by atoms with Crippen molar-refractivity contribution in [2.45, 2.75) is 71.1 Å². The van der Waals surface area contributed by atoms with E-state index < -0.39 is 10.1 Å². The molecule has 120 valence electrons. The van der Waals surface area contributed by atoms with Gasteiger partial charge in [-0.15, -0.1) is 0 Å². The van der Waals surface area contributed by atoms with Crippen molar-refractivity contribution in [3.63, 3.8) is 0 Å². The number of rotatable bonds is 13. The molecule has 0 aliphatic rings. The van der Waals surface area contributed by atoms with E-state index in [1.54, 1.807) is 0 Å². The predicted molar refractivity (Wildman–Crippen MR) is 80.6 cm³/mol. The van der Waals surface area contributed by atoms with Crippen LogP contribution in [0.2, 0.25) is 0 Å². The van der Waals surface area contributed by atoms with Crippen molar-refractivity contribution in [3.8, 4) is 0 Å². The van der Waals surface area contributed by atoms with Crippen LogP contribution in [0, 0.1) is 0 Å². The van der Waals surface area contributed by atoms with E-state index in [1.807, 2.05) is 0 Å². The quantitative estimate of drug-likeness (QED) is 0.163. The summed E-state index contributed by atoms with van der Waals surface area (Å²) >= 11 is 0. The van der Waals surface area contributed by atoms with Gasteiger partial charge in [-0.05, 0) is 25.2 Å². The van der Waals surface area contributed by atoms with Crippen LogP contribution in [0.15, 0.2) is 4.99 Å². The maximum absolute atomic E-state index is 11.4. The van der Waals surface area contributed by atoms with Crippen LogP contribution in [-0.4, -0.2) is 31.2 Å². The largest absolute Gasteiger partial charge is 1.00 e. The smallest absolute Gasteiger partial charge is 0.862 e. The standard InChI is InChI=1S/C14H29NO4S.Na/c1-2-3-4-5-6-7-8-9-11-14(16)15-12-10-13-20(17,18)19;/h2-13H2,1H3,(H,15,16)(H,17,18,19);/q;+1/p-1. The Hall–Kier alpha value is 0.380. The van der Waals surface area contributed by atoms with Gasteiger partial charge in [-0.2, -0.15) is 8.42 Å². The minimum absolute atomic E-state index is 0. The Kier molecular flexibility index (Phi) is 17.2. The van der Waals surface area contributed by atoms with Gasteiger partial charge in [0, 0.05) is 6.54 Å². The van der Waals surface area contributed by atoms with Gasteiger partial charge in [-0.25, -0.2) is 0 Å². The van der Waals surface area contributed by atoms with Crippen molar-refractivity contribution in [1.29, 1.82) is 0 Å². The molecule has 0 atom stereocenters. The molecule has 0 aromatic rings. The van der Waals surface area contributed by atoms with Crippen LogP contribution in [-0.2, 0) is 10.1 Å². The van der Waals surface area contributed by atoms with E-state index in [2.05, 4.69) is 11.9 Å². The SMILES string of the molecule is CCCCCCCCCCC([O-])=NCCCS(=O)(=O)O.[Na+]. The number of nitrogens with zero attached hydrogens (tertiary/aromatic N) is 1. The molecule has 0 aliphatic carbocycles. The molecule has 21 heavy (non-hydrogen) atoms. The monoisotopic (exact) mass is 329 g/mol. The molecule has 5 nitrogen and oxygen atoms in total. The fraction of sp³-hybridized carbons (Fsp3) is 0.929. The van der Waals surface area contributed by atoms with Crippen molar-refractivity contribution in [3.05, 3.63) is 0 Å². The molecule has 7 heteroatoms. The van der Waals surface area contributed by atoms with E-state index in [4.69, 9.17) is 4.55 Å². The van der Waals surface area contributed by atoms with E-state index in [0.717, 1.165) is 12.8 Å². The third kappa shape index (κ3) is 20.4. The van der Waals surface area contributed by atoms with Gasteiger partial charge in [0.15, 0.2) is 0 Å². The summed E-state index contributed by atoms with van der Waals surface area (Å²) in [6.07, 6.45) is 10.1. The van der Waals surface area contributed by atoms with Crippen LogP contribution in [0.4, 0.5) is 0 Å². The molecule has 0 aromatic carbocycles. The third-order valence-electron chi connectivity index (χ3n) is 3.09. The first-order valence-corrected chi connectivity index (χ1v) is 9.22. The van der Waals surface area contributed by atoms with E-state index in [9.17, 15) is 13.5 Å². The Bertz CT molecular complexity index is 358. The fourth-order valence-corrected chi connectivity index (χ4v) is 2.43. The Morgan fingerprint density at radius 1 is 1.00 bits per heavy atom. The molecular weight excluding hydrogens is 301 g/mol. The van der Waals surface area contributed by atoms with Crippen molar-refractivity contribution >= 4 is 16.0 Å². The van der Waals surface area contributed by atoms with Crippen molar-refractivity contribution in [1.82, 2.24) is 0 Å². The molecule has 0 heterocycles. The Morgan fingerprint density at radius 3 is 2.05 bits per heavy atom. The molecular formula is C14H28NNaO4S. The third-order valence-corrected chi connectivity index (χ3v) is 3.90. The van der Waals surface area contributed by atoms with Crippen LogP contribution in [0.1, 0.15) is 71.1 Å². The van der Waals surface area contributed by atoms with Gasteiger partial charge in [0.1, 0.15) is 0 Å². The van der Waals surface area contributed by atoms with Gasteiger partial charge in [0.25, 0.3) is 10.1 Å². The van der Waals surface area contributed by atoms with Gasteiger partial charge in [-0.1, -0.05) is 51.9 Å². The minimum Gasteiger partial charge on any atom is -0.862 e. The second kappa shape index (κ2) is 15.3. The summed E-state index contributed by atoms with van der Waals surface area (Å²) in [5, 5.41) is 11.4. The molecule has 0 rings (SSSR count). The number of hydrogen-bond donors (Lipinski definition) is 1. The topological polar surface area (TPSA) is 89.8 Å². The number of unbranched alkanes of at least 4 members (excludes halogenated alkanes) is 7. The van der Waals surface area contributed by atoms with E-state index in [-0.39, 0.29) is 54.2 Å². The van der Waals surface area contributed by atoms with Gasteiger partial charge in [0.05, 0.1) is 5.75 Å². The molecule has 0 amide bonds. The normalized spacial score (nSPS) is 12.2. The summed E-state index contributed by atoms with van der Waals surface area (Å²) in [6, 6.07) is 0. The Morgan fingerprint density at radius 2 is 1.52 bits per heavy atom. The summed E-state index contributed by atoms with van der Waals surface area (Å²) in [5.74, 6) is -0.493. The molecule has 0 radical (unpaired) electrons. The first-order chi connectivity index (χ1) is 9.45. The second-order valence-corrected chi connectivity index (χ2v) is 6.71. The molecule has 0 unspecified atom stereocenters. The molecule has 0 saturated carbocycles. The fourth-order valence-electron chi connectivity index (χ4n) is 1.94. The summed E-state index contributed by atoms with van der Waals surface area (Å²) in [4.78, 5) is 3.77. The zero-order chi connectivity index (χ0) is 15.3. The van der Waals surface area contributed by atoms with Crippen LogP contribution in [0.3, 0.4) is 0 Å². The zero-order valence-corrected chi connectivity index (χ0v) is 16.3. The van der Waals surface area contributed by atoms with E-state index in [1.165, 1.54) is 38.5 Å². The minimum atomic E-state index is -3.93. The molecule has 0 bridgehead atoms. The summed E-state index contributed by atoms with van der Waals surface area (Å²) in [6.45, 7) is 2.38. The zero-order valence-electron chi connectivity index (χ0n) is 13.5. The maximum atomic E-state index is 11.4.